The topological polar surface area (TPSA) is 47.3 Å². The van der Waals surface area contributed by atoms with Crippen LogP contribution in [0.1, 0.15) is 12.8 Å². The maximum atomic E-state index is 12.8. The zero-order valence-corrected chi connectivity index (χ0v) is 9.21. The Kier molecular flexibility index (Phi) is 3.62. The SMILES string of the molecule is Nc1cc(F)ccc1NCC1CCOCC1. The first-order chi connectivity index (χ1) is 7.75. The molecule has 0 amide bonds. The van der Waals surface area contributed by atoms with Crippen molar-refractivity contribution in [3.63, 3.8) is 0 Å². The summed E-state index contributed by atoms with van der Waals surface area (Å²) in [6.45, 7) is 2.55. The fraction of sp³-hybridized carbons (Fsp3) is 0.500. The number of anilines is 2. The van der Waals surface area contributed by atoms with Gasteiger partial charge in [0, 0.05) is 19.8 Å². The lowest BCUT2D eigenvalue weighted by Gasteiger charge is -2.23. The molecule has 0 unspecified atom stereocenters. The number of benzene rings is 1. The van der Waals surface area contributed by atoms with Crippen LogP contribution in [-0.2, 0) is 4.74 Å². The molecule has 1 aliphatic heterocycles. The van der Waals surface area contributed by atoms with E-state index in [1.54, 1.807) is 6.07 Å². The molecule has 16 heavy (non-hydrogen) atoms. The first-order valence-electron chi connectivity index (χ1n) is 5.62. The zero-order valence-electron chi connectivity index (χ0n) is 9.21. The van der Waals surface area contributed by atoms with Crippen LogP contribution in [-0.4, -0.2) is 19.8 Å². The number of halogens is 1. The van der Waals surface area contributed by atoms with Crippen molar-refractivity contribution in [2.45, 2.75) is 12.8 Å². The monoisotopic (exact) mass is 224 g/mol. The van der Waals surface area contributed by atoms with E-state index in [1.807, 2.05) is 0 Å². The van der Waals surface area contributed by atoms with Crippen molar-refractivity contribution in [2.24, 2.45) is 5.92 Å². The van der Waals surface area contributed by atoms with Crippen molar-refractivity contribution in [3.8, 4) is 0 Å². The summed E-state index contributed by atoms with van der Waals surface area (Å²) >= 11 is 0. The van der Waals surface area contributed by atoms with E-state index in [0.29, 0.717) is 11.6 Å². The Morgan fingerprint density at radius 1 is 1.38 bits per heavy atom. The third kappa shape index (κ3) is 2.85. The molecule has 0 aromatic heterocycles. The number of nitrogen functional groups attached to an aromatic ring is 1. The summed E-state index contributed by atoms with van der Waals surface area (Å²) in [7, 11) is 0. The molecule has 1 saturated heterocycles. The Labute approximate surface area is 94.8 Å². The van der Waals surface area contributed by atoms with E-state index in [0.717, 1.165) is 38.3 Å². The van der Waals surface area contributed by atoms with E-state index in [2.05, 4.69) is 5.32 Å². The average Bonchev–Trinajstić information content (AvgIpc) is 2.29. The van der Waals surface area contributed by atoms with Crippen LogP contribution in [0.15, 0.2) is 18.2 Å². The van der Waals surface area contributed by atoms with E-state index < -0.39 is 0 Å². The number of hydrogen-bond acceptors (Lipinski definition) is 3. The molecule has 88 valence electrons. The van der Waals surface area contributed by atoms with Crippen molar-refractivity contribution in [2.75, 3.05) is 30.8 Å². The van der Waals surface area contributed by atoms with E-state index in [9.17, 15) is 4.39 Å². The molecule has 1 aromatic carbocycles. The highest BCUT2D eigenvalue weighted by Crippen LogP contribution is 2.21. The van der Waals surface area contributed by atoms with Crippen LogP contribution >= 0.6 is 0 Å². The van der Waals surface area contributed by atoms with Gasteiger partial charge in [0.05, 0.1) is 11.4 Å². The predicted molar refractivity (Wildman–Crippen MR) is 62.8 cm³/mol. The Morgan fingerprint density at radius 3 is 2.81 bits per heavy atom. The van der Waals surface area contributed by atoms with Crippen LogP contribution in [0, 0.1) is 11.7 Å². The highest BCUT2D eigenvalue weighted by Gasteiger charge is 2.13. The summed E-state index contributed by atoms with van der Waals surface area (Å²) in [5, 5.41) is 3.26. The van der Waals surface area contributed by atoms with Gasteiger partial charge in [-0.2, -0.15) is 0 Å². The van der Waals surface area contributed by atoms with Crippen molar-refractivity contribution in [3.05, 3.63) is 24.0 Å². The third-order valence-corrected chi connectivity index (χ3v) is 2.94. The molecule has 1 fully saturated rings. The highest BCUT2D eigenvalue weighted by atomic mass is 19.1. The molecule has 0 aliphatic carbocycles. The van der Waals surface area contributed by atoms with Crippen molar-refractivity contribution < 1.29 is 9.13 Å². The van der Waals surface area contributed by atoms with Gasteiger partial charge in [0.1, 0.15) is 5.82 Å². The summed E-state index contributed by atoms with van der Waals surface area (Å²) < 4.78 is 18.1. The molecule has 1 heterocycles. The van der Waals surface area contributed by atoms with Gasteiger partial charge in [-0.1, -0.05) is 0 Å². The maximum Gasteiger partial charge on any atom is 0.125 e. The van der Waals surface area contributed by atoms with Crippen LogP contribution in [0.25, 0.3) is 0 Å². The molecule has 0 spiro atoms. The Morgan fingerprint density at radius 2 is 2.12 bits per heavy atom. The van der Waals surface area contributed by atoms with Gasteiger partial charge >= 0.3 is 0 Å². The first-order valence-corrected chi connectivity index (χ1v) is 5.62. The summed E-state index contributed by atoms with van der Waals surface area (Å²) in [4.78, 5) is 0. The second kappa shape index (κ2) is 5.16. The molecule has 0 bridgehead atoms. The van der Waals surface area contributed by atoms with Crippen LogP contribution in [0.2, 0.25) is 0 Å². The molecule has 3 nitrogen and oxygen atoms in total. The molecule has 1 aliphatic rings. The summed E-state index contributed by atoms with van der Waals surface area (Å²) in [5.74, 6) is 0.326. The summed E-state index contributed by atoms with van der Waals surface area (Å²) in [5.41, 5.74) is 6.99. The minimum atomic E-state index is -0.297. The van der Waals surface area contributed by atoms with Crippen LogP contribution in [0.5, 0.6) is 0 Å². The number of nitrogens with one attached hydrogen (secondary N) is 1. The van der Waals surface area contributed by atoms with Gasteiger partial charge in [-0.25, -0.2) is 4.39 Å². The molecular weight excluding hydrogens is 207 g/mol. The minimum absolute atomic E-state index is 0.297. The zero-order chi connectivity index (χ0) is 11.4. The van der Waals surface area contributed by atoms with Crippen LogP contribution in [0.3, 0.4) is 0 Å². The largest absolute Gasteiger partial charge is 0.397 e. The van der Waals surface area contributed by atoms with Gasteiger partial charge in [0.15, 0.2) is 0 Å². The molecule has 0 saturated carbocycles. The third-order valence-electron chi connectivity index (χ3n) is 2.94. The standard InChI is InChI=1S/C12H17FN2O/c13-10-1-2-12(11(14)7-10)15-8-9-3-5-16-6-4-9/h1-2,7,9,15H,3-6,8,14H2. The Hall–Kier alpha value is -1.29. The average molecular weight is 224 g/mol. The number of rotatable bonds is 3. The second-order valence-corrected chi connectivity index (χ2v) is 4.17. The minimum Gasteiger partial charge on any atom is -0.397 e. The van der Waals surface area contributed by atoms with Crippen LogP contribution in [0.4, 0.5) is 15.8 Å². The molecular formula is C12H17FN2O. The molecule has 4 heteroatoms. The lowest BCUT2D eigenvalue weighted by molar-refractivity contribution is 0.0699. The molecule has 0 atom stereocenters. The summed E-state index contributed by atoms with van der Waals surface area (Å²) in [6, 6.07) is 4.44. The fourth-order valence-electron chi connectivity index (χ4n) is 1.90. The van der Waals surface area contributed by atoms with Crippen molar-refractivity contribution in [1.82, 2.24) is 0 Å². The van der Waals surface area contributed by atoms with E-state index in [4.69, 9.17) is 10.5 Å². The second-order valence-electron chi connectivity index (χ2n) is 4.17. The van der Waals surface area contributed by atoms with Gasteiger partial charge in [-0.3, -0.25) is 0 Å². The molecule has 2 rings (SSSR count). The summed E-state index contributed by atoms with van der Waals surface area (Å²) in [6.07, 6.45) is 2.15. The van der Waals surface area contributed by atoms with E-state index in [1.165, 1.54) is 12.1 Å². The van der Waals surface area contributed by atoms with E-state index >= 15 is 0 Å². The Bertz CT molecular complexity index is 351. The quantitative estimate of drug-likeness (QED) is 0.774. The Balaban J connectivity index is 1.88. The molecule has 1 aromatic rings. The lowest BCUT2D eigenvalue weighted by Crippen LogP contribution is -2.22. The fourth-order valence-corrected chi connectivity index (χ4v) is 1.90. The van der Waals surface area contributed by atoms with Crippen LogP contribution < -0.4 is 11.1 Å². The predicted octanol–water partition coefficient (Wildman–Crippen LogP) is 2.25. The number of hydrogen-bond donors (Lipinski definition) is 2. The lowest BCUT2D eigenvalue weighted by atomic mass is 10.0. The van der Waals surface area contributed by atoms with Crippen molar-refractivity contribution >= 4 is 11.4 Å². The van der Waals surface area contributed by atoms with Gasteiger partial charge in [-0.15, -0.1) is 0 Å². The van der Waals surface area contributed by atoms with Gasteiger partial charge in [-0.05, 0) is 37.0 Å². The number of ether oxygens (including phenoxy) is 1. The molecule has 3 N–H and O–H groups in total. The van der Waals surface area contributed by atoms with Crippen molar-refractivity contribution in [1.29, 1.82) is 0 Å². The van der Waals surface area contributed by atoms with Gasteiger partial charge < -0.3 is 15.8 Å². The maximum absolute atomic E-state index is 12.8. The first kappa shape index (κ1) is 11.2. The van der Waals surface area contributed by atoms with Gasteiger partial charge in [0.25, 0.3) is 0 Å². The highest BCUT2D eigenvalue weighted by molar-refractivity contribution is 5.65. The smallest absolute Gasteiger partial charge is 0.125 e. The molecule has 0 radical (unpaired) electrons. The normalized spacial score (nSPS) is 17.3. The van der Waals surface area contributed by atoms with E-state index in [-0.39, 0.29) is 5.82 Å². The number of nitrogens with two attached hydrogens (primary N) is 1. The van der Waals surface area contributed by atoms with Gasteiger partial charge in [0.2, 0.25) is 0 Å².